The molecule has 51 heavy (non-hydrogen) atoms. The van der Waals surface area contributed by atoms with Crippen molar-refractivity contribution >= 4 is 0 Å². The summed E-state index contributed by atoms with van der Waals surface area (Å²) in [5.74, 6) is 0.657. The molecule has 0 aromatic heterocycles. The van der Waals surface area contributed by atoms with E-state index < -0.39 is 0 Å². The monoisotopic (exact) mass is 686 g/mol. The maximum atomic E-state index is 10.7. The van der Waals surface area contributed by atoms with Gasteiger partial charge in [0.25, 0.3) is 0 Å². The van der Waals surface area contributed by atoms with Crippen molar-refractivity contribution in [3.8, 4) is 63.2 Å². The van der Waals surface area contributed by atoms with E-state index in [0.717, 1.165) is 22.3 Å². The number of phenols is 7. The maximum absolute atomic E-state index is 10.7. The van der Waals surface area contributed by atoms with Crippen LogP contribution in [-0.4, -0.2) is 35.7 Å². The second kappa shape index (κ2) is 15.4. The first-order valence-corrected chi connectivity index (χ1v) is 16.5. The standard InChI is InChI=1S/C42H38O9/c43-32-15-11-26(12-16-32)7-8-29-19-35(50-41-21-30(37(46)24-39(41)48)13-9-27-3-1-5-33(44)17-27)23-36(20-29)51-42-22-31(38(47)25-40(42)49)14-10-28-4-2-6-34(45)18-28/h1-6,11-12,15-25,43-49H,7-10,13-14H2. The summed E-state index contributed by atoms with van der Waals surface area (Å²) >= 11 is 0. The number of ether oxygens (including phenoxy) is 2. The van der Waals surface area contributed by atoms with Crippen molar-refractivity contribution in [2.75, 3.05) is 0 Å². The third-order valence-corrected chi connectivity index (χ3v) is 8.54. The highest BCUT2D eigenvalue weighted by Crippen LogP contribution is 2.41. The molecule has 0 atom stereocenters. The summed E-state index contributed by atoms with van der Waals surface area (Å²) in [4.78, 5) is 0. The van der Waals surface area contributed by atoms with Crippen molar-refractivity contribution in [2.45, 2.75) is 38.5 Å². The van der Waals surface area contributed by atoms with Gasteiger partial charge in [-0.3, -0.25) is 0 Å². The van der Waals surface area contributed by atoms with Crippen LogP contribution in [0.25, 0.3) is 0 Å². The van der Waals surface area contributed by atoms with Crippen LogP contribution in [0, 0.1) is 0 Å². The van der Waals surface area contributed by atoms with Crippen LogP contribution >= 0.6 is 0 Å². The van der Waals surface area contributed by atoms with Gasteiger partial charge in [0.1, 0.15) is 40.2 Å². The minimum absolute atomic E-state index is 0.0886. The van der Waals surface area contributed by atoms with E-state index in [1.807, 2.05) is 36.4 Å². The molecular formula is C42H38O9. The van der Waals surface area contributed by atoms with E-state index in [1.165, 1.54) is 12.1 Å². The Bertz CT molecular complexity index is 2020. The van der Waals surface area contributed by atoms with Gasteiger partial charge in [0, 0.05) is 18.2 Å². The second-order valence-electron chi connectivity index (χ2n) is 12.4. The van der Waals surface area contributed by atoms with Crippen LogP contribution in [0.1, 0.15) is 33.4 Å². The Morgan fingerprint density at radius 2 is 0.784 bits per heavy atom. The lowest BCUT2D eigenvalue weighted by Gasteiger charge is -2.16. The molecule has 6 aromatic rings. The van der Waals surface area contributed by atoms with E-state index in [1.54, 1.807) is 66.7 Å². The van der Waals surface area contributed by atoms with Crippen molar-refractivity contribution in [3.63, 3.8) is 0 Å². The lowest BCUT2D eigenvalue weighted by molar-refractivity contribution is 0.392. The highest BCUT2D eigenvalue weighted by atomic mass is 16.5. The third-order valence-electron chi connectivity index (χ3n) is 8.54. The predicted octanol–water partition coefficient (Wildman–Crippen LogP) is 8.57. The lowest BCUT2D eigenvalue weighted by atomic mass is 10.0. The SMILES string of the molecule is Oc1ccc(CCc2cc(Oc3cc(CCc4cccc(O)c4)c(O)cc3O)cc(Oc3cc(CCc4cccc(O)c4)c(O)cc3O)c2)cc1. The zero-order valence-corrected chi connectivity index (χ0v) is 27.7. The molecule has 0 bridgehead atoms. The number of phenolic OH excluding ortho intramolecular Hbond substituents is 7. The van der Waals surface area contributed by atoms with Gasteiger partial charge in [-0.25, -0.2) is 0 Å². The van der Waals surface area contributed by atoms with Gasteiger partial charge in [0.15, 0.2) is 23.0 Å². The van der Waals surface area contributed by atoms with Gasteiger partial charge in [0.2, 0.25) is 0 Å². The molecule has 9 nitrogen and oxygen atoms in total. The molecule has 0 aliphatic carbocycles. The summed E-state index contributed by atoms with van der Waals surface area (Å²) in [5, 5.41) is 72.0. The van der Waals surface area contributed by atoms with Crippen molar-refractivity contribution in [1.29, 1.82) is 0 Å². The second-order valence-corrected chi connectivity index (χ2v) is 12.4. The Morgan fingerprint density at radius 1 is 0.333 bits per heavy atom. The summed E-state index contributed by atoms with van der Waals surface area (Å²) in [6, 6.07) is 31.5. The van der Waals surface area contributed by atoms with E-state index in [0.29, 0.717) is 61.2 Å². The number of aryl methyl sites for hydroxylation is 6. The highest BCUT2D eigenvalue weighted by molar-refractivity contribution is 5.54. The Morgan fingerprint density at radius 3 is 1.25 bits per heavy atom. The summed E-state index contributed by atoms with van der Waals surface area (Å²) in [7, 11) is 0. The largest absolute Gasteiger partial charge is 0.508 e. The molecular weight excluding hydrogens is 648 g/mol. The van der Waals surface area contributed by atoms with Crippen molar-refractivity contribution in [1.82, 2.24) is 0 Å². The first kappa shape index (κ1) is 34.4. The minimum atomic E-state index is -0.266. The Kier molecular flexibility index (Phi) is 10.4. The molecule has 6 aromatic carbocycles. The molecule has 0 saturated heterocycles. The van der Waals surface area contributed by atoms with E-state index in [-0.39, 0.29) is 51.7 Å². The maximum Gasteiger partial charge on any atom is 0.169 e. The van der Waals surface area contributed by atoms with E-state index in [9.17, 15) is 35.7 Å². The summed E-state index contributed by atoms with van der Waals surface area (Å²) < 4.78 is 12.4. The fourth-order valence-corrected chi connectivity index (χ4v) is 5.84. The number of benzene rings is 6. The van der Waals surface area contributed by atoms with Gasteiger partial charge in [-0.05, 0) is 133 Å². The van der Waals surface area contributed by atoms with Gasteiger partial charge < -0.3 is 45.2 Å². The van der Waals surface area contributed by atoms with Crippen LogP contribution in [0.5, 0.6) is 63.2 Å². The molecule has 0 unspecified atom stereocenters. The lowest BCUT2D eigenvalue weighted by Crippen LogP contribution is -1.97. The first-order chi connectivity index (χ1) is 24.6. The quantitative estimate of drug-likeness (QED) is 0.0631. The average molecular weight is 687 g/mol. The molecule has 0 aliphatic rings. The molecule has 0 spiro atoms. The van der Waals surface area contributed by atoms with Crippen molar-refractivity contribution < 1.29 is 45.2 Å². The van der Waals surface area contributed by atoms with Crippen molar-refractivity contribution in [3.05, 3.63) is 149 Å². The number of hydrogen-bond donors (Lipinski definition) is 7. The Labute approximate surface area is 295 Å². The third kappa shape index (κ3) is 9.16. The first-order valence-electron chi connectivity index (χ1n) is 16.5. The molecule has 0 saturated carbocycles. The minimum Gasteiger partial charge on any atom is -0.508 e. The molecule has 0 aliphatic heterocycles. The zero-order valence-electron chi connectivity index (χ0n) is 27.7. The molecule has 6 rings (SSSR count). The summed E-state index contributed by atoms with van der Waals surface area (Å²) in [5.41, 5.74) is 4.67. The van der Waals surface area contributed by atoms with E-state index in [2.05, 4.69) is 0 Å². The fourth-order valence-electron chi connectivity index (χ4n) is 5.84. The topological polar surface area (TPSA) is 160 Å². The highest BCUT2D eigenvalue weighted by Gasteiger charge is 2.16. The molecule has 9 heteroatoms. The molecule has 0 fully saturated rings. The smallest absolute Gasteiger partial charge is 0.169 e. The van der Waals surface area contributed by atoms with Crippen LogP contribution in [0.15, 0.2) is 115 Å². The molecule has 260 valence electrons. The fraction of sp³-hybridized carbons (Fsp3) is 0.143. The van der Waals surface area contributed by atoms with Crippen LogP contribution in [0.4, 0.5) is 0 Å². The molecule has 0 radical (unpaired) electrons. The Hall–Kier alpha value is -6.48. The van der Waals surface area contributed by atoms with Crippen LogP contribution in [0.2, 0.25) is 0 Å². The zero-order chi connectivity index (χ0) is 35.9. The normalized spacial score (nSPS) is 11.0. The van der Waals surface area contributed by atoms with Gasteiger partial charge in [-0.1, -0.05) is 36.4 Å². The van der Waals surface area contributed by atoms with Crippen LogP contribution < -0.4 is 9.47 Å². The number of rotatable bonds is 13. The van der Waals surface area contributed by atoms with Gasteiger partial charge >= 0.3 is 0 Å². The molecule has 0 amide bonds. The van der Waals surface area contributed by atoms with Crippen molar-refractivity contribution in [2.24, 2.45) is 0 Å². The van der Waals surface area contributed by atoms with Gasteiger partial charge in [-0.2, -0.15) is 0 Å². The van der Waals surface area contributed by atoms with Crippen LogP contribution in [-0.2, 0) is 38.5 Å². The van der Waals surface area contributed by atoms with Gasteiger partial charge in [-0.15, -0.1) is 0 Å². The predicted molar refractivity (Wildman–Crippen MR) is 193 cm³/mol. The average Bonchev–Trinajstić information content (AvgIpc) is 3.09. The number of hydrogen-bond acceptors (Lipinski definition) is 9. The van der Waals surface area contributed by atoms with Gasteiger partial charge in [0.05, 0.1) is 0 Å². The number of aromatic hydroxyl groups is 7. The van der Waals surface area contributed by atoms with Crippen LogP contribution in [0.3, 0.4) is 0 Å². The molecule has 7 N–H and O–H groups in total. The van der Waals surface area contributed by atoms with E-state index >= 15 is 0 Å². The summed E-state index contributed by atoms with van der Waals surface area (Å²) in [6.45, 7) is 0. The summed E-state index contributed by atoms with van der Waals surface area (Å²) in [6.07, 6.45) is 3.09. The molecule has 0 heterocycles. The van der Waals surface area contributed by atoms with E-state index in [4.69, 9.17) is 9.47 Å². The Balaban J connectivity index is 1.27.